The summed E-state index contributed by atoms with van der Waals surface area (Å²) in [6.07, 6.45) is 4.13. The Morgan fingerprint density at radius 2 is 2.29 bits per heavy atom. The monoisotopic (exact) mass is 249 g/mol. The van der Waals surface area contributed by atoms with Crippen molar-refractivity contribution in [1.82, 2.24) is 19.7 Å². The molecule has 0 saturated heterocycles. The summed E-state index contributed by atoms with van der Waals surface area (Å²) in [6.45, 7) is 1.99. The molecule has 6 heteroatoms. The molecule has 90 valence electrons. The largest absolute Gasteiger partial charge is 0.328 e. The third-order valence-corrected chi connectivity index (χ3v) is 3.36. The predicted molar refractivity (Wildman–Crippen MR) is 66.7 cm³/mol. The average molecular weight is 249 g/mol. The second kappa shape index (κ2) is 5.29. The number of pyridine rings is 1. The van der Waals surface area contributed by atoms with Crippen LogP contribution in [0.3, 0.4) is 0 Å². The first-order chi connectivity index (χ1) is 8.16. The summed E-state index contributed by atoms with van der Waals surface area (Å²) in [4.78, 5) is 8.55. The summed E-state index contributed by atoms with van der Waals surface area (Å²) in [6, 6.07) is 4.10. The fourth-order valence-corrected chi connectivity index (χ4v) is 2.33. The van der Waals surface area contributed by atoms with Crippen LogP contribution in [-0.4, -0.2) is 25.8 Å². The van der Waals surface area contributed by atoms with Crippen LogP contribution in [0, 0.1) is 0 Å². The fourth-order valence-electron chi connectivity index (χ4n) is 1.48. The highest BCUT2D eigenvalue weighted by Crippen LogP contribution is 2.26. The van der Waals surface area contributed by atoms with Crippen molar-refractivity contribution in [3.8, 4) is 0 Å². The number of nitrogens with zero attached hydrogens (tertiary/aromatic N) is 4. The molecule has 2 aromatic rings. The van der Waals surface area contributed by atoms with E-state index in [1.807, 2.05) is 20.0 Å². The van der Waals surface area contributed by atoms with Crippen molar-refractivity contribution in [3.63, 3.8) is 0 Å². The molecule has 0 fully saturated rings. The Bertz CT molecular complexity index is 494. The van der Waals surface area contributed by atoms with Crippen LogP contribution in [-0.2, 0) is 13.5 Å². The number of nitrogens with two attached hydrogens (primary N) is 1. The van der Waals surface area contributed by atoms with E-state index in [1.54, 1.807) is 10.9 Å². The van der Waals surface area contributed by atoms with Crippen molar-refractivity contribution in [2.45, 2.75) is 29.6 Å². The maximum atomic E-state index is 5.83. The third-order valence-electron chi connectivity index (χ3n) is 2.25. The Hall–Kier alpha value is -1.40. The van der Waals surface area contributed by atoms with E-state index in [0.29, 0.717) is 0 Å². The zero-order valence-electron chi connectivity index (χ0n) is 9.87. The van der Waals surface area contributed by atoms with Crippen molar-refractivity contribution in [2.24, 2.45) is 12.8 Å². The minimum Gasteiger partial charge on any atom is -0.328 e. The van der Waals surface area contributed by atoms with Crippen LogP contribution in [0.5, 0.6) is 0 Å². The third kappa shape index (κ3) is 3.04. The summed E-state index contributed by atoms with van der Waals surface area (Å²) >= 11 is 1.51. The molecule has 2 aromatic heterocycles. The molecule has 2 heterocycles. The zero-order valence-corrected chi connectivity index (χ0v) is 10.7. The highest BCUT2D eigenvalue weighted by Gasteiger charge is 2.10. The summed E-state index contributed by atoms with van der Waals surface area (Å²) in [7, 11) is 1.86. The molecule has 0 aliphatic rings. The number of hydrogen-bond donors (Lipinski definition) is 1. The van der Waals surface area contributed by atoms with Crippen molar-refractivity contribution in [3.05, 3.63) is 30.2 Å². The number of rotatable bonds is 4. The molecule has 0 aliphatic carbocycles. The molecule has 0 saturated carbocycles. The average Bonchev–Trinajstić information content (AvgIpc) is 2.67. The van der Waals surface area contributed by atoms with Crippen LogP contribution >= 0.6 is 11.8 Å². The van der Waals surface area contributed by atoms with Gasteiger partial charge in [0.25, 0.3) is 0 Å². The van der Waals surface area contributed by atoms with Gasteiger partial charge in [-0.1, -0.05) is 6.07 Å². The van der Waals surface area contributed by atoms with Crippen molar-refractivity contribution in [2.75, 3.05) is 0 Å². The second-order valence-electron chi connectivity index (χ2n) is 3.92. The van der Waals surface area contributed by atoms with Gasteiger partial charge in [-0.15, -0.1) is 0 Å². The molecule has 17 heavy (non-hydrogen) atoms. The first-order valence-corrected chi connectivity index (χ1v) is 6.20. The Morgan fingerprint density at radius 3 is 2.94 bits per heavy atom. The Morgan fingerprint density at radius 1 is 1.47 bits per heavy atom. The SMILES string of the molecule is CC(N)Cc1cccnc1Sc1ncnn1C. The molecule has 0 radical (unpaired) electrons. The van der Waals surface area contributed by atoms with E-state index in [4.69, 9.17) is 5.73 Å². The standard InChI is InChI=1S/C11H15N5S/c1-8(12)6-9-4-3-5-13-10(9)17-11-14-7-15-16(11)2/h3-5,7-8H,6,12H2,1-2H3. The first kappa shape index (κ1) is 12.1. The minimum atomic E-state index is 0.123. The van der Waals surface area contributed by atoms with Crippen LogP contribution in [0.25, 0.3) is 0 Å². The van der Waals surface area contributed by atoms with Crippen LogP contribution in [0.1, 0.15) is 12.5 Å². The van der Waals surface area contributed by atoms with Gasteiger partial charge in [0, 0.05) is 19.3 Å². The molecule has 0 spiro atoms. The van der Waals surface area contributed by atoms with Crippen LogP contribution in [0.15, 0.2) is 34.8 Å². The van der Waals surface area contributed by atoms with Crippen molar-refractivity contribution >= 4 is 11.8 Å². The van der Waals surface area contributed by atoms with E-state index in [1.165, 1.54) is 18.1 Å². The lowest BCUT2D eigenvalue weighted by Gasteiger charge is -2.09. The highest BCUT2D eigenvalue weighted by molar-refractivity contribution is 7.99. The number of hydrogen-bond acceptors (Lipinski definition) is 5. The van der Waals surface area contributed by atoms with E-state index in [2.05, 4.69) is 21.1 Å². The zero-order chi connectivity index (χ0) is 12.3. The Kier molecular flexibility index (Phi) is 3.75. The lowest BCUT2D eigenvalue weighted by molar-refractivity contribution is 0.683. The molecule has 0 amide bonds. The normalized spacial score (nSPS) is 12.6. The molecule has 2 rings (SSSR count). The molecule has 1 atom stereocenters. The molecule has 0 aromatic carbocycles. The summed E-state index contributed by atoms with van der Waals surface area (Å²) in [5.74, 6) is 0. The second-order valence-corrected chi connectivity index (χ2v) is 4.87. The van der Waals surface area contributed by atoms with Gasteiger partial charge in [0.2, 0.25) is 0 Å². The lowest BCUT2D eigenvalue weighted by Crippen LogP contribution is -2.18. The molecule has 1 unspecified atom stereocenters. The van der Waals surface area contributed by atoms with E-state index in [-0.39, 0.29) is 6.04 Å². The summed E-state index contributed by atoms with van der Waals surface area (Å²) < 4.78 is 1.73. The van der Waals surface area contributed by atoms with E-state index < -0.39 is 0 Å². The molecular formula is C11H15N5S. The maximum Gasteiger partial charge on any atom is 0.192 e. The highest BCUT2D eigenvalue weighted by atomic mass is 32.2. The quantitative estimate of drug-likeness (QED) is 0.883. The van der Waals surface area contributed by atoms with Crippen LogP contribution in [0.4, 0.5) is 0 Å². The van der Waals surface area contributed by atoms with Gasteiger partial charge in [-0.25, -0.2) is 14.6 Å². The van der Waals surface area contributed by atoms with Gasteiger partial charge in [0.15, 0.2) is 5.16 Å². The van der Waals surface area contributed by atoms with Gasteiger partial charge in [0.1, 0.15) is 11.4 Å². The molecule has 0 aliphatic heterocycles. The Labute approximate surface area is 104 Å². The smallest absolute Gasteiger partial charge is 0.192 e. The predicted octanol–water partition coefficient (Wildman–Crippen LogP) is 1.25. The molecular weight excluding hydrogens is 234 g/mol. The van der Waals surface area contributed by atoms with Gasteiger partial charge in [-0.2, -0.15) is 5.10 Å². The first-order valence-electron chi connectivity index (χ1n) is 5.38. The Balaban J connectivity index is 2.23. The van der Waals surface area contributed by atoms with Gasteiger partial charge < -0.3 is 5.73 Å². The number of aromatic nitrogens is 4. The molecule has 0 bridgehead atoms. The summed E-state index contributed by atoms with van der Waals surface area (Å²) in [5.41, 5.74) is 6.98. The maximum absolute atomic E-state index is 5.83. The van der Waals surface area contributed by atoms with Gasteiger partial charge in [-0.05, 0) is 36.7 Å². The molecule has 5 nitrogen and oxygen atoms in total. The summed E-state index contributed by atoms with van der Waals surface area (Å²) in [5, 5.41) is 5.81. The van der Waals surface area contributed by atoms with Gasteiger partial charge in [-0.3, -0.25) is 0 Å². The van der Waals surface area contributed by atoms with E-state index in [0.717, 1.165) is 22.2 Å². The minimum absolute atomic E-state index is 0.123. The van der Waals surface area contributed by atoms with Crippen molar-refractivity contribution in [1.29, 1.82) is 0 Å². The molecule has 2 N–H and O–H groups in total. The van der Waals surface area contributed by atoms with E-state index >= 15 is 0 Å². The fraction of sp³-hybridized carbons (Fsp3) is 0.364. The lowest BCUT2D eigenvalue weighted by atomic mass is 10.1. The topological polar surface area (TPSA) is 69.6 Å². The van der Waals surface area contributed by atoms with Gasteiger partial charge in [0.05, 0.1) is 0 Å². The van der Waals surface area contributed by atoms with Crippen LogP contribution < -0.4 is 5.73 Å². The number of aryl methyl sites for hydroxylation is 1. The van der Waals surface area contributed by atoms with Crippen LogP contribution in [0.2, 0.25) is 0 Å². The van der Waals surface area contributed by atoms with Gasteiger partial charge >= 0.3 is 0 Å². The van der Waals surface area contributed by atoms with E-state index in [9.17, 15) is 0 Å². The van der Waals surface area contributed by atoms with Crippen molar-refractivity contribution < 1.29 is 0 Å².